The molecule has 0 fully saturated rings. The van der Waals surface area contributed by atoms with Gasteiger partial charge in [-0.05, 0) is 24.3 Å². The highest BCUT2D eigenvalue weighted by Crippen LogP contribution is 2.40. The van der Waals surface area contributed by atoms with Crippen LogP contribution in [-0.4, -0.2) is 12.3 Å². The Bertz CT molecular complexity index is 820. The van der Waals surface area contributed by atoms with Crippen LogP contribution in [0.4, 0.5) is 23.2 Å². The van der Waals surface area contributed by atoms with Gasteiger partial charge in [-0.2, -0.15) is 13.2 Å². The van der Waals surface area contributed by atoms with Crippen LogP contribution in [-0.2, 0) is 0 Å². The van der Waals surface area contributed by atoms with Crippen LogP contribution in [0.2, 0.25) is 5.02 Å². The number of nitrogens with two attached hydrogens (primary N) is 1. The van der Waals surface area contributed by atoms with Gasteiger partial charge in [-0.25, -0.2) is 4.39 Å². The molecule has 2 aromatic carbocycles. The number of halogens is 5. The van der Waals surface area contributed by atoms with Crippen molar-refractivity contribution in [2.45, 2.75) is 12.3 Å². The van der Waals surface area contributed by atoms with Crippen LogP contribution in [0.1, 0.15) is 5.56 Å². The summed E-state index contributed by atoms with van der Waals surface area (Å²) < 4.78 is 62.3. The highest BCUT2D eigenvalue weighted by atomic mass is 35.5. The van der Waals surface area contributed by atoms with Crippen molar-refractivity contribution in [2.24, 2.45) is 0 Å². The Balaban J connectivity index is 1.93. The van der Waals surface area contributed by atoms with Crippen LogP contribution in [0.25, 0.3) is 6.08 Å². The molecule has 126 valence electrons. The highest BCUT2D eigenvalue weighted by Gasteiger charge is 2.41. The molecule has 1 unspecified atom stereocenters. The summed E-state index contributed by atoms with van der Waals surface area (Å²) in [4.78, 5) is 0. The van der Waals surface area contributed by atoms with Crippen molar-refractivity contribution in [2.75, 3.05) is 5.73 Å². The zero-order chi connectivity index (χ0) is 17.5. The fourth-order valence-electron chi connectivity index (χ4n) is 2.12. The third-order valence-corrected chi connectivity index (χ3v) is 3.56. The Morgan fingerprint density at radius 3 is 2.54 bits per heavy atom. The number of alkyl halides is 3. The van der Waals surface area contributed by atoms with Gasteiger partial charge in [-0.15, -0.1) is 0 Å². The van der Waals surface area contributed by atoms with Crippen molar-refractivity contribution in [3.05, 3.63) is 52.8 Å². The maximum absolute atomic E-state index is 13.8. The maximum atomic E-state index is 13.8. The van der Waals surface area contributed by atoms with Gasteiger partial charge in [0.15, 0.2) is 11.6 Å². The van der Waals surface area contributed by atoms with Gasteiger partial charge >= 0.3 is 6.18 Å². The average Bonchev–Trinajstić information content (AvgIpc) is 2.49. The number of anilines is 1. The Morgan fingerprint density at radius 1 is 1.12 bits per heavy atom. The lowest BCUT2D eigenvalue weighted by Gasteiger charge is -2.24. The zero-order valence-corrected chi connectivity index (χ0v) is 12.7. The second-order valence-corrected chi connectivity index (χ2v) is 5.46. The molecule has 0 spiro atoms. The molecule has 2 N–H and O–H groups in total. The summed E-state index contributed by atoms with van der Waals surface area (Å²) in [6.07, 6.45) is -4.46. The molecule has 0 aromatic heterocycles. The van der Waals surface area contributed by atoms with Crippen molar-refractivity contribution >= 4 is 23.4 Å². The molecule has 0 saturated carbocycles. The van der Waals surface area contributed by atoms with Gasteiger partial charge in [0.2, 0.25) is 6.10 Å². The van der Waals surface area contributed by atoms with Crippen molar-refractivity contribution in [3.8, 4) is 17.2 Å². The summed E-state index contributed by atoms with van der Waals surface area (Å²) in [6.45, 7) is 0. The first-order valence-corrected chi connectivity index (χ1v) is 7.10. The molecule has 3 rings (SSSR count). The summed E-state index contributed by atoms with van der Waals surface area (Å²) >= 11 is 6.04. The molecule has 0 bridgehead atoms. The molecule has 0 radical (unpaired) electrons. The standard InChI is InChI=1S/C16H10ClF4NO2/c17-10-5-8-1-4-15(16(19,20)21)24-13(8)7-14(10)23-12-3-2-9(22)6-11(12)18/h1-7,15H,22H2. The lowest BCUT2D eigenvalue weighted by molar-refractivity contribution is -0.180. The number of fused-ring (bicyclic) bond motifs is 1. The minimum Gasteiger partial charge on any atom is -0.476 e. The van der Waals surface area contributed by atoms with Gasteiger partial charge in [0.05, 0.1) is 5.02 Å². The molecule has 8 heteroatoms. The van der Waals surface area contributed by atoms with Gasteiger partial charge in [0, 0.05) is 23.4 Å². The molecular formula is C16H10ClF4NO2. The first kappa shape index (κ1) is 16.4. The van der Waals surface area contributed by atoms with Gasteiger partial charge < -0.3 is 15.2 Å². The van der Waals surface area contributed by atoms with Crippen LogP contribution in [0.5, 0.6) is 17.2 Å². The minimum atomic E-state index is -4.54. The van der Waals surface area contributed by atoms with Crippen molar-refractivity contribution in [3.63, 3.8) is 0 Å². The van der Waals surface area contributed by atoms with E-state index in [4.69, 9.17) is 26.8 Å². The van der Waals surface area contributed by atoms with E-state index in [1.807, 2.05) is 0 Å². The van der Waals surface area contributed by atoms with Crippen LogP contribution in [0.3, 0.4) is 0 Å². The minimum absolute atomic E-state index is 0.0321. The van der Waals surface area contributed by atoms with E-state index >= 15 is 0 Å². The predicted molar refractivity (Wildman–Crippen MR) is 81.8 cm³/mol. The Morgan fingerprint density at radius 2 is 1.88 bits per heavy atom. The van der Waals surface area contributed by atoms with E-state index in [0.29, 0.717) is 5.56 Å². The number of ether oxygens (including phenoxy) is 2. The summed E-state index contributed by atoms with van der Waals surface area (Å²) in [5.41, 5.74) is 6.01. The van der Waals surface area contributed by atoms with Crippen LogP contribution >= 0.6 is 11.6 Å². The predicted octanol–water partition coefficient (Wildman–Crippen LogP) is 5.19. The molecular weight excluding hydrogens is 350 g/mol. The second-order valence-electron chi connectivity index (χ2n) is 5.05. The molecule has 0 aliphatic carbocycles. The molecule has 3 nitrogen and oxygen atoms in total. The monoisotopic (exact) mass is 359 g/mol. The van der Waals surface area contributed by atoms with E-state index in [9.17, 15) is 17.6 Å². The van der Waals surface area contributed by atoms with Gasteiger partial charge in [-0.1, -0.05) is 17.7 Å². The smallest absolute Gasteiger partial charge is 0.429 e. The molecule has 2 aromatic rings. The third kappa shape index (κ3) is 3.26. The van der Waals surface area contributed by atoms with Crippen LogP contribution < -0.4 is 15.2 Å². The molecule has 24 heavy (non-hydrogen) atoms. The lowest BCUT2D eigenvalue weighted by atomic mass is 10.1. The highest BCUT2D eigenvalue weighted by molar-refractivity contribution is 6.32. The number of benzene rings is 2. The van der Waals surface area contributed by atoms with Gasteiger partial charge in [0.25, 0.3) is 0 Å². The van der Waals surface area contributed by atoms with E-state index in [-0.39, 0.29) is 28.0 Å². The fourth-order valence-corrected chi connectivity index (χ4v) is 2.33. The van der Waals surface area contributed by atoms with E-state index in [0.717, 1.165) is 12.1 Å². The second kappa shape index (κ2) is 5.90. The Kier molecular flexibility index (Phi) is 4.04. The van der Waals surface area contributed by atoms with E-state index in [2.05, 4.69) is 0 Å². The first-order chi connectivity index (χ1) is 11.2. The summed E-state index contributed by atoms with van der Waals surface area (Å²) in [6, 6.07) is 6.34. The first-order valence-electron chi connectivity index (χ1n) is 6.72. The SMILES string of the molecule is Nc1ccc(Oc2cc3c(cc2Cl)C=CC(C(F)(F)F)O3)c(F)c1. The number of nitrogen functional groups attached to an aromatic ring is 1. The van der Waals surface area contributed by atoms with Crippen LogP contribution in [0, 0.1) is 5.82 Å². The quantitative estimate of drug-likeness (QED) is 0.593. The molecule has 1 atom stereocenters. The Labute approximate surface area is 139 Å². The van der Waals surface area contributed by atoms with Crippen molar-refractivity contribution in [1.29, 1.82) is 0 Å². The summed E-state index contributed by atoms with van der Waals surface area (Å²) in [5.74, 6) is -0.979. The molecule has 1 heterocycles. The van der Waals surface area contributed by atoms with E-state index < -0.39 is 18.1 Å². The van der Waals surface area contributed by atoms with Gasteiger partial charge in [0.1, 0.15) is 11.5 Å². The molecule has 1 aliphatic heterocycles. The fraction of sp³-hybridized carbons (Fsp3) is 0.125. The molecule has 0 amide bonds. The van der Waals surface area contributed by atoms with E-state index in [1.165, 1.54) is 30.3 Å². The normalized spacial score (nSPS) is 16.5. The number of hydrogen-bond acceptors (Lipinski definition) is 3. The van der Waals surface area contributed by atoms with Crippen molar-refractivity contribution in [1.82, 2.24) is 0 Å². The average molecular weight is 360 g/mol. The van der Waals surface area contributed by atoms with E-state index in [1.54, 1.807) is 0 Å². The van der Waals surface area contributed by atoms with Crippen molar-refractivity contribution < 1.29 is 27.0 Å². The lowest BCUT2D eigenvalue weighted by Crippen LogP contribution is -2.33. The molecule has 1 aliphatic rings. The molecule has 0 saturated heterocycles. The number of rotatable bonds is 2. The van der Waals surface area contributed by atoms with Gasteiger partial charge in [-0.3, -0.25) is 0 Å². The van der Waals surface area contributed by atoms with Crippen LogP contribution in [0.15, 0.2) is 36.4 Å². The third-order valence-electron chi connectivity index (χ3n) is 3.27. The summed E-state index contributed by atoms with van der Waals surface area (Å²) in [7, 11) is 0. The zero-order valence-electron chi connectivity index (χ0n) is 11.9. The summed E-state index contributed by atoms with van der Waals surface area (Å²) in [5, 5.41) is 0.101. The topological polar surface area (TPSA) is 44.5 Å². The maximum Gasteiger partial charge on any atom is 0.429 e. The Hall–Kier alpha value is -2.41. The largest absolute Gasteiger partial charge is 0.476 e. The number of hydrogen-bond donors (Lipinski definition) is 1.